The summed E-state index contributed by atoms with van der Waals surface area (Å²) in [6, 6.07) is 10.4. The molecule has 1 aromatic carbocycles. The first-order chi connectivity index (χ1) is 11.0. The maximum absolute atomic E-state index is 4.63. The summed E-state index contributed by atoms with van der Waals surface area (Å²) in [5.74, 6) is 0.832. The van der Waals surface area contributed by atoms with E-state index >= 15 is 0 Å². The largest absolute Gasteiger partial charge is 0.289 e. The van der Waals surface area contributed by atoms with Crippen molar-refractivity contribution in [3.63, 3.8) is 0 Å². The summed E-state index contributed by atoms with van der Waals surface area (Å²) < 4.78 is 0. The third kappa shape index (κ3) is 3.92. The van der Waals surface area contributed by atoms with Crippen LogP contribution in [0.15, 0.2) is 53.8 Å². The minimum atomic E-state index is 0.104. The van der Waals surface area contributed by atoms with Gasteiger partial charge in [0.05, 0.1) is 6.54 Å². The molecule has 0 fully saturated rings. The Kier molecular flexibility index (Phi) is 4.37. The van der Waals surface area contributed by atoms with Crippen LogP contribution < -0.4 is 0 Å². The second-order valence-electron chi connectivity index (χ2n) is 7.02. The van der Waals surface area contributed by atoms with Crippen LogP contribution in [0.1, 0.15) is 44.1 Å². The van der Waals surface area contributed by atoms with Gasteiger partial charge in [-0.2, -0.15) is 0 Å². The molecule has 0 unspecified atom stereocenters. The van der Waals surface area contributed by atoms with Gasteiger partial charge in [0.1, 0.15) is 0 Å². The van der Waals surface area contributed by atoms with Gasteiger partial charge in [0.2, 0.25) is 0 Å². The molecular weight excluding hydrogens is 282 g/mol. The van der Waals surface area contributed by atoms with Crippen molar-refractivity contribution in [2.45, 2.75) is 33.6 Å². The molecule has 2 heterocycles. The van der Waals surface area contributed by atoms with Crippen molar-refractivity contribution in [1.82, 2.24) is 9.97 Å². The van der Waals surface area contributed by atoms with E-state index in [-0.39, 0.29) is 5.41 Å². The predicted molar refractivity (Wildman–Crippen MR) is 95.6 cm³/mol. The highest BCUT2D eigenvalue weighted by atomic mass is 14.9. The first kappa shape index (κ1) is 15.6. The van der Waals surface area contributed by atoms with Gasteiger partial charge in [-0.1, -0.05) is 57.2 Å². The molecule has 3 nitrogen and oxygen atoms in total. The molecule has 2 aromatic rings. The summed E-state index contributed by atoms with van der Waals surface area (Å²) in [5, 5.41) is 0. The van der Waals surface area contributed by atoms with Crippen LogP contribution >= 0.6 is 0 Å². The predicted octanol–water partition coefficient (Wildman–Crippen LogP) is 4.34. The van der Waals surface area contributed by atoms with E-state index in [1.54, 1.807) is 0 Å². The first-order valence-electron chi connectivity index (χ1n) is 8.10. The van der Waals surface area contributed by atoms with Gasteiger partial charge in [-0.15, -0.1) is 0 Å². The summed E-state index contributed by atoms with van der Waals surface area (Å²) in [7, 11) is 0. The lowest BCUT2D eigenvalue weighted by atomic mass is 9.84. The maximum Gasteiger partial charge on any atom is 0.155 e. The monoisotopic (exact) mass is 305 g/mol. The number of hydrogen-bond donors (Lipinski definition) is 0. The highest BCUT2D eigenvalue weighted by molar-refractivity contribution is 5.98. The standard InChI is InChI=1S/C20H23N3/c1-20(2,3)18-12-17(9-10-21-18)19-22-13-16(14-23-19)11-15-7-5-4-6-8-15/h4-9,13-14H,10-12H2,1-3H3. The highest BCUT2D eigenvalue weighted by Crippen LogP contribution is 2.27. The third-order valence-corrected chi connectivity index (χ3v) is 4.09. The van der Waals surface area contributed by atoms with Crippen molar-refractivity contribution in [3.8, 4) is 0 Å². The lowest BCUT2D eigenvalue weighted by molar-refractivity contribution is 0.580. The Bertz CT molecular complexity index is 720. The van der Waals surface area contributed by atoms with Gasteiger partial charge in [-0.25, -0.2) is 9.97 Å². The van der Waals surface area contributed by atoms with Crippen molar-refractivity contribution in [2.24, 2.45) is 10.4 Å². The Labute approximate surface area is 138 Å². The summed E-state index contributed by atoms with van der Waals surface area (Å²) in [4.78, 5) is 13.8. The Morgan fingerprint density at radius 2 is 1.65 bits per heavy atom. The van der Waals surface area contributed by atoms with E-state index in [0.29, 0.717) is 0 Å². The Hall–Kier alpha value is -2.29. The zero-order chi connectivity index (χ0) is 16.3. The molecule has 1 aromatic heterocycles. The molecule has 1 aliphatic heterocycles. The smallest absolute Gasteiger partial charge is 0.155 e. The minimum Gasteiger partial charge on any atom is -0.289 e. The molecule has 0 bridgehead atoms. The Morgan fingerprint density at radius 3 is 2.30 bits per heavy atom. The quantitative estimate of drug-likeness (QED) is 0.846. The van der Waals surface area contributed by atoms with Crippen molar-refractivity contribution in [1.29, 1.82) is 0 Å². The third-order valence-electron chi connectivity index (χ3n) is 4.09. The SMILES string of the molecule is CC(C)(C)C1=NCC=C(c2ncc(Cc3ccccc3)cn2)C1. The summed E-state index contributed by atoms with van der Waals surface area (Å²) in [5.41, 5.74) is 4.94. The van der Waals surface area contributed by atoms with E-state index in [1.165, 1.54) is 16.8 Å². The Morgan fingerprint density at radius 1 is 0.957 bits per heavy atom. The zero-order valence-corrected chi connectivity index (χ0v) is 14.1. The van der Waals surface area contributed by atoms with E-state index in [1.807, 2.05) is 18.5 Å². The summed E-state index contributed by atoms with van der Waals surface area (Å²) >= 11 is 0. The van der Waals surface area contributed by atoms with E-state index in [2.05, 4.69) is 66.1 Å². The van der Waals surface area contributed by atoms with Gasteiger partial charge in [-0.05, 0) is 11.1 Å². The molecule has 3 heteroatoms. The molecule has 0 spiro atoms. The maximum atomic E-state index is 4.63. The second kappa shape index (κ2) is 6.45. The van der Waals surface area contributed by atoms with E-state index < -0.39 is 0 Å². The number of allylic oxidation sites excluding steroid dienone is 1. The number of aliphatic imine (C=N–C) groups is 1. The molecule has 118 valence electrons. The van der Waals surface area contributed by atoms with Gasteiger partial charge in [0.25, 0.3) is 0 Å². The van der Waals surface area contributed by atoms with Gasteiger partial charge in [0.15, 0.2) is 5.82 Å². The number of nitrogens with zero attached hydrogens (tertiary/aromatic N) is 3. The average Bonchev–Trinajstić information content (AvgIpc) is 2.56. The molecule has 23 heavy (non-hydrogen) atoms. The normalized spacial score (nSPS) is 15.1. The lowest BCUT2D eigenvalue weighted by Crippen LogP contribution is -2.23. The van der Waals surface area contributed by atoms with Crippen LogP contribution in [0, 0.1) is 5.41 Å². The molecule has 0 aliphatic carbocycles. The highest BCUT2D eigenvalue weighted by Gasteiger charge is 2.23. The molecule has 1 aliphatic rings. The number of aromatic nitrogens is 2. The molecular formula is C20H23N3. The molecule has 0 radical (unpaired) electrons. The van der Waals surface area contributed by atoms with Crippen LogP contribution in [-0.2, 0) is 6.42 Å². The average molecular weight is 305 g/mol. The molecule has 3 rings (SSSR count). The van der Waals surface area contributed by atoms with Crippen LogP contribution in [-0.4, -0.2) is 22.2 Å². The zero-order valence-electron chi connectivity index (χ0n) is 14.1. The van der Waals surface area contributed by atoms with E-state index in [4.69, 9.17) is 0 Å². The summed E-state index contributed by atoms with van der Waals surface area (Å²) in [6.07, 6.45) is 7.75. The molecule has 0 saturated carbocycles. The van der Waals surface area contributed by atoms with Crippen LogP contribution in [0.3, 0.4) is 0 Å². The Balaban J connectivity index is 1.72. The van der Waals surface area contributed by atoms with Gasteiger partial charge < -0.3 is 0 Å². The van der Waals surface area contributed by atoms with Crippen molar-refractivity contribution < 1.29 is 0 Å². The first-order valence-corrected chi connectivity index (χ1v) is 8.10. The lowest BCUT2D eigenvalue weighted by Gasteiger charge is -2.24. The number of hydrogen-bond acceptors (Lipinski definition) is 3. The fourth-order valence-corrected chi connectivity index (χ4v) is 2.69. The number of rotatable bonds is 3. The molecule has 0 N–H and O–H groups in total. The van der Waals surface area contributed by atoms with Crippen molar-refractivity contribution >= 4 is 11.3 Å². The van der Waals surface area contributed by atoms with Gasteiger partial charge in [-0.3, -0.25) is 4.99 Å². The van der Waals surface area contributed by atoms with E-state index in [0.717, 1.165) is 30.8 Å². The van der Waals surface area contributed by atoms with Crippen LogP contribution in [0.4, 0.5) is 0 Å². The van der Waals surface area contributed by atoms with Crippen LogP contribution in [0.2, 0.25) is 0 Å². The van der Waals surface area contributed by atoms with E-state index in [9.17, 15) is 0 Å². The fraction of sp³-hybridized carbons (Fsp3) is 0.350. The fourth-order valence-electron chi connectivity index (χ4n) is 2.69. The van der Waals surface area contributed by atoms with Crippen LogP contribution in [0.25, 0.3) is 5.57 Å². The molecule has 0 atom stereocenters. The van der Waals surface area contributed by atoms with Crippen molar-refractivity contribution in [2.75, 3.05) is 6.54 Å². The van der Waals surface area contributed by atoms with Gasteiger partial charge in [0, 0.05) is 41.9 Å². The van der Waals surface area contributed by atoms with Crippen molar-refractivity contribution in [3.05, 3.63) is 65.8 Å². The van der Waals surface area contributed by atoms with Gasteiger partial charge >= 0.3 is 0 Å². The van der Waals surface area contributed by atoms with Crippen LogP contribution in [0.5, 0.6) is 0 Å². The second-order valence-corrected chi connectivity index (χ2v) is 7.02. The number of benzene rings is 1. The topological polar surface area (TPSA) is 38.1 Å². The molecule has 0 amide bonds. The molecule has 0 saturated heterocycles. The number of dihydropyridines is 1. The summed E-state index contributed by atoms with van der Waals surface area (Å²) in [6.45, 7) is 7.35. The minimum absolute atomic E-state index is 0.104.